The highest BCUT2D eigenvalue weighted by atomic mass is 16.6. The van der Waals surface area contributed by atoms with E-state index in [1.807, 2.05) is 0 Å². The second-order valence-electron chi connectivity index (χ2n) is 3.69. The van der Waals surface area contributed by atoms with Crippen LogP contribution in [0.4, 0.5) is 5.82 Å². The largest absolute Gasteiger partial charge is 0.375 e. The predicted molar refractivity (Wildman–Crippen MR) is 59.8 cm³/mol. The molecule has 0 saturated heterocycles. The molecule has 0 saturated carbocycles. The van der Waals surface area contributed by atoms with Gasteiger partial charge in [0.05, 0.1) is 0 Å². The number of rotatable bonds is 1. The van der Waals surface area contributed by atoms with Gasteiger partial charge >= 0.3 is 5.82 Å². The fourth-order valence-electron chi connectivity index (χ4n) is 2.09. The molecule has 0 atom stereocenters. The Morgan fingerprint density at radius 3 is 2.47 bits per heavy atom. The number of carbonyl (C=O) groups is 1. The van der Waals surface area contributed by atoms with Gasteiger partial charge in [-0.25, -0.2) is 0 Å². The van der Waals surface area contributed by atoms with Crippen LogP contribution >= 0.6 is 0 Å². The van der Waals surface area contributed by atoms with Crippen molar-refractivity contribution in [3.05, 3.63) is 57.8 Å². The van der Waals surface area contributed by atoms with Crippen molar-refractivity contribution >= 4 is 11.6 Å². The van der Waals surface area contributed by atoms with Gasteiger partial charge in [0.15, 0.2) is 0 Å². The zero-order valence-corrected chi connectivity index (χ0v) is 8.58. The SMILES string of the molecule is O=C1c2ccccc2-c2ccnc([N+](=O)[O-])c21. The Morgan fingerprint density at radius 1 is 1.06 bits per heavy atom. The number of benzene rings is 1. The highest BCUT2D eigenvalue weighted by Gasteiger charge is 2.34. The van der Waals surface area contributed by atoms with Crippen LogP contribution in [0.25, 0.3) is 11.1 Å². The summed E-state index contributed by atoms with van der Waals surface area (Å²) in [7, 11) is 0. The maximum absolute atomic E-state index is 12.1. The molecular formula is C12H6N2O3. The van der Waals surface area contributed by atoms with E-state index in [0.29, 0.717) is 11.1 Å². The molecule has 0 fully saturated rings. The van der Waals surface area contributed by atoms with Crippen LogP contribution in [0.2, 0.25) is 0 Å². The van der Waals surface area contributed by atoms with Gasteiger partial charge in [-0.2, -0.15) is 0 Å². The number of fused-ring (bicyclic) bond motifs is 3. The normalized spacial score (nSPS) is 12.1. The number of ketones is 1. The molecule has 1 heterocycles. The minimum absolute atomic E-state index is 0.0960. The van der Waals surface area contributed by atoms with Crippen molar-refractivity contribution in [2.45, 2.75) is 0 Å². The first-order valence-corrected chi connectivity index (χ1v) is 4.97. The molecule has 0 unspecified atom stereocenters. The summed E-state index contributed by atoms with van der Waals surface area (Å²) < 4.78 is 0. The van der Waals surface area contributed by atoms with Gasteiger partial charge in [-0.1, -0.05) is 24.3 Å². The third-order valence-electron chi connectivity index (χ3n) is 2.79. The number of hydrogen-bond acceptors (Lipinski definition) is 4. The molecule has 5 heteroatoms. The summed E-state index contributed by atoms with van der Waals surface area (Å²) in [5, 5.41) is 10.8. The molecule has 0 radical (unpaired) electrons. The van der Waals surface area contributed by atoms with E-state index in [9.17, 15) is 14.9 Å². The average molecular weight is 226 g/mol. The second kappa shape index (κ2) is 3.21. The fraction of sp³-hybridized carbons (Fsp3) is 0. The number of carbonyl (C=O) groups excluding carboxylic acids is 1. The van der Waals surface area contributed by atoms with E-state index in [2.05, 4.69) is 4.98 Å². The van der Waals surface area contributed by atoms with E-state index in [0.717, 1.165) is 5.56 Å². The van der Waals surface area contributed by atoms with Crippen LogP contribution in [0.15, 0.2) is 36.5 Å². The van der Waals surface area contributed by atoms with Crippen LogP contribution in [0.1, 0.15) is 15.9 Å². The quantitative estimate of drug-likeness (QED) is 0.471. The third kappa shape index (κ3) is 1.19. The van der Waals surface area contributed by atoms with Gasteiger partial charge < -0.3 is 10.1 Å². The molecule has 1 aromatic carbocycles. The predicted octanol–water partition coefficient (Wildman–Crippen LogP) is 2.20. The number of nitro groups is 1. The molecule has 5 nitrogen and oxygen atoms in total. The van der Waals surface area contributed by atoms with Crippen molar-refractivity contribution in [2.75, 3.05) is 0 Å². The highest BCUT2D eigenvalue weighted by Crippen LogP contribution is 2.39. The Labute approximate surface area is 95.9 Å². The Morgan fingerprint density at radius 2 is 1.76 bits per heavy atom. The first-order chi connectivity index (χ1) is 8.20. The summed E-state index contributed by atoms with van der Waals surface area (Å²) in [5.74, 6) is -0.695. The molecule has 0 spiro atoms. The maximum atomic E-state index is 12.1. The van der Waals surface area contributed by atoms with E-state index in [-0.39, 0.29) is 17.2 Å². The molecule has 0 aliphatic heterocycles. The topological polar surface area (TPSA) is 73.1 Å². The number of hydrogen-bond donors (Lipinski definition) is 0. The Bertz CT molecular complexity index is 665. The summed E-state index contributed by atoms with van der Waals surface area (Å²) in [5.41, 5.74) is 1.92. The summed E-state index contributed by atoms with van der Waals surface area (Å²) in [4.78, 5) is 26.0. The van der Waals surface area contributed by atoms with Gasteiger partial charge in [0.25, 0.3) is 0 Å². The first kappa shape index (κ1) is 9.65. The van der Waals surface area contributed by atoms with Crippen molar-refractivity contribution in [1.82, 2.24) is 4.98 Å². The van der Waals surface area contributed by atoms with Crippen LogP contribution in [-0.2, 0) is 0 Å². The molecule has 2 aromatic rings. The summed E-state index contributed by atoms with van der Waals surface area (Å²) >= 11 is 0. The van der Waals surface area contributed by atoms with Crippen molar-refractivity contribution in [2.24, 2.45) is 0 Å². The van der Waals surface area contributed by atoms with Crippen molar-refractivity contribution in [3.8, 4) is 11.1 Å². The van der Waals surface area contributed by atoms with Gasteiger partial charge in [0.1, 0.15) is 11.8 Å². The number of nitrogens with zero attached hydrogens (tertiary/aromatic N) is 2. The van der Waals surface area contributed by atoms with E-state index in [4.69, 9.17) is 0 Å². The molecule has 0 N–H and O–H groups in total. The van der Waals surface area contributed by atoms with E-state index in [1.54, 1.807) is 30.3 Å². The minimum Gasteiger partial charge on any atom is -0.358 e. The standard InChI is InChI=1S/C12H6N2O3/c15-11-9-4-2-1-3-7(9)8-5-6-13-12(10(8)11)14(16)17/h1-6H. The van der Waals surface area contributed by atoms with E-state index < -0.39 is 4.92 Å². The van der Waals surface area contributed by atoms with Crippen LogP contribution < -0.4 is 0 Å². The molecule has 3 rings (SSSR count). The summed E-state index contributed by atoms with van der Waals surface area (Å²) in [6.07, 6.45) is 1.35. The van der Waals surface area contributed by atoms with Crippen LogP contribution in [0.5, 0.6) is 0 Å². The third-order valence-corrected chi connectivity index (χ3v) is 2.79. The average Bonchev–Trinajstić information content (AvgIpc) is 2.64. The van der Waals surface area contributed by atoms with E-state index in [1.165, 1.54) is 6.20 Å². The zero-order chi connectivity index (χ0) is 12.0. The highest BCUT2D eigenvalue weighted by molar-refractivity contribution is 6.23. The lowest BCUT2D eigenvalue weighted by atomic mass is 10.1. The Kier molecular flexibility index (Phi) is 1.82. The fourth-order valence-corrected chi connectivity index (χ4v) is 2.09. The zero-order valence-electron chi connectivity index (χ0n) is 8.58. The number of aromatic nitrogens is 1. The monoisotopic (exact) mass is 226 g/mol. The Hall–Kier alpha value is -2.56. The lowest BCUT2D eigenvalue weighted by Crippen LogP contribution is -2.02. The smallest absolute Gasteiger partial charge is 0.358 e. The summed E-state index contributed by atoms with van der Waals surface area (Å²) in [6, 6.07) is 8.62. The molecule has 1 aromatic heterocycles. The van der Waals surface area contributed by atoms with Gasteiger partial charge in [-0.15, -0.1) is 0 Å². The van der Waals surface area contributed by atoms with Crippen molar-refractivity contribution in [1.29, 1.82) is 0 Å². The van der Waals surface area contributed by atoms with Gasteiger partial charge in [-0.3, -0.25) is 4.79 Å². The maximum Gasteiger partial charge on any atom is 0.375 e. The molecule has 82 valence electrons. The molecule has 0 amide bonds. The molecule has 1 aliphatic rings. The molecular weight excluding hydrogens is 220 g/mol. The van der Waals surface area contributed by atoms with Crippen molar-refractivity contribution < 1.29 is 9.72 Å². The minimum atomic E-state index is -0.622. The molecule has 17 heavy (non-hydrogen) atoms. The van der Waals surface area contributed by atoms with Crippen molar-refractivity contribution in [3.63, 3.8) is 0 Å². The second-order valence-corrected chi connectivity index (χ2v) is 3.69. The van der Waals surface area contributed by atoms with Crippen LogP contribution in [0, 0.1) is 10.1 Å². The molecule has 0 bridgehead atoms. The summed E-state index contributed by atoms with van der Waals surface area (Å²) in [6.45, 7) is 0. The first-order valence-electron chi connectivity index (χ1n) is 4.97. The lowest BCUT2D eigenvalue weighted by molar-refractivity contribution is -0.389. The van der Waals surface area contributed by atoms with Crippen LogP contribution in [0.3, 0.4) is 0 Å². The lowest BCUT2D eigenvalue weighted by Gasteiger charge is -1.98. The van der Waals surface area contributed by atoms with Gasteiger partial charge in [0, 0.05) is 11.1 Å². The molecule has 1 aliphatic carbocycles. The van der Waals surface area contributed by atoms with E-state index >= 15 is 0 Å². The number of pyridine rings is 1. The van der Waals surface area contributed by atoms with Crippen LogP contribution in [-0.4, -0.2) is 15.7 Å². The van der Waals surface area contributed by atoms with Gasteiger partial charge in [-0.05, 0) is 21.5 Å². The Balaban J connectivity index is 2.38. The van der Waals surface area contributed by atoms with Gasteiger partial charge in [0.2, 0.25) is 5.78 Å².